The van der Waals surface area contributed by atoms with E-state index in [-0.39, 0.29) is 50.2 Å². The molecule has 0 aliphatic rings. The van der Waals surface area contributed by atoms with Crippen molar-refractivity contribution in [1.82, 2.24) is 0 Å². The molecule has 0 aromatic rings. The van der Waals surface area contributed by atoms with Gasteiger partial charge in [0.15, 0.2) is 5.79 Å². The highest BCUT2D eigenvalue weighted by Crippen LogP contribution is 2.36. The minimum Gasteiger partial charge on any atom is -0.379 e. The molecular formula is C40H104O3. The molecule has 0 radical (unpaired) electrons. The van der Waals surface area contributed by atoms with Gasteiger partial charge in [0.05, 0.1) is 5.60 Å². The lowest BCUT2D eigenvalue weighted by molar-refractivity contribution is -0.178. The molecule has 0 saturated carbocycles. The van der Waals surface area contributed by atoms with Crippen LogP contribution in [0.2, 0.25) is 0 Å². The Hall–Kier alpha value is -0.120. The van der Waals surface area contributed by atoms with Gasteiger partial charge in [0.1, 0.15) is 0 Å². The maximum absolute atomic E-state index is 4.94. The molecule has 0 amide bonds. The van der Waals surface area contributed by atoms with Crippen LogP contribution in [0.3, 0.4) is 0 Å². The first-order valence-corrected chi connectivity index (χ1v) is 14.1. The van der Waals surface area contributed by atoms with E-state index in [1.807, 2.05) is 34.6 Å². The summed E-state index contributed by atoms with van der Waals surface area (Å²) in [5.74, 6) is -0.417. The van der Waals surface area contributed by atoms with Crippen molar-refractivity contribution in [2.24, 2.45) is 27.1 Å². The van der Waals surface area contributed by atoms with E-state index in [9.17, 15) is 0 Å². The normalized spacial score (nSPS) is 10.7. The van der Waals surface area contributed by atoms with Gasteiger partial charge in [0.2, 0.25) is 0 Å². The van der Waals surface area contributed by atoms with Crippen LogP contribution in [-0.4, -0.2) is 32.7 Å². The molecule has 282 valence electrons. The second-order valence-electron chi connectivity index (χ2n) is 17.5. The lowest BCUT2D eigenvalue weighted by Gasteiger charge is -2.34. The van der Waals surface area contributed by atoms with Crippen molar-refractivity contribution in [2.45, 2.75) is 222 Å². The summed E-state index contributed by atoms with van der Waals surface area (Å²) in [6.45, 7) is 49.8. The van der Waals surface area contributed by atoms with Gasteiger partial charge in [0, 0.05) is 21.3 Å². The zero-order valence-corrected chi connectivity index (χ0v) is 31.4. The van der Waals surface area contributed by atoms with E-state index in [4.69, 9.17) is 14.2 Å². The molecule has 0 rings (SSSR count). The maximum Gasteiger partial charge on any atom is 0.161 e. The number of methoxy groups -OCH3 is 3. The Balaban J connectivity index is -0.0000000263. The number of ether oxygens (including phenoxy) is 3. The van der Waals surface area contributed by atoms with Gasteiger partial charge in [0.25, 0.3) is 0 Å². The highest BCUT2D eigenvalue weighted by Gasteiger charge is 2.26. The lowest BCUT2D eigenvalue weighted by Crippen LogP contribution is -2.25. The van der Waals surface area contributed by atoms with Crippen molar-refractivity contribution in [2.75, 3.05) is 21.3 Å². The molecule has 0 fully saturated rings. The van der Waals surface area contributed by atoms with Gasteiger partial charge < -0.3 is 14.2 Å². The fourth-order valence-corrected chi connectivity index (χ4v) is 0.0833. The van der Waals surface area contributed by atoms with Gasteiger partial charge in [-0.05, 0) is 61.7 Å². The summed E-state index contributed by atoms with van der Waals surface area (Å²) in [6.07, 6.45) is 1.27. The lowest BCUT2D eigenvalue weighted by atomic mass is 9.71. The molecule has 0 bridgehead atoms. The summed E-state index contributed by atoms with van der Waals surface area (Å²) < 4.78 is 14.7. The SMILES string of the molecule is C.C.C.C.C.C.CC(C)(C)C.CC(C)(C)C.CC(C)(C)C(C)(C)C.CCC(C)(C)C.COC(C)(C)C.COC(C)(C)OC. The Morgan fingerprint density at radius 1 is 0.349 bits per heavy atom. The zero-order valence-electron chi connectivity index (χ0n) is 31.4. The molecule has 0 atom stereocenters. The van der Waals surface area contributed by atoms with Crippen molar-refractivity contribution in [3.8, 4) is 0 Å². The molecular weight excluding hydrogens is 528 g/mol. The van der Waals surface area contributed by atoms with E-state index in [0.29, 0.717) is 27.1 Å². The van der Waals surface area contributed by atoms with Gasteiger partial charge >= 0.3 is 0 Å². The van der Waals surface area contributed by atoms with Gasteiger partial charge in [-0.15, -0.1) is 0 Å². The Morgan fingerprint density at radius 2 is 0.465 bits per heavy atom. The molecule has 0 aliphatic heterocycles. The van der Waals surface area contributed by atoms with E-state index < -0.39 is 5.79 Å². The van der Waals surface area contributed by atoms with E-state index in [1.54, 1.807) is 21.3 Å². The largest absolute Gasteiger partial charge is 0.379 e. The molecule has 0 aromatic carbocycles. The molecule has 0 unspecified atom stereocenters. The van der Waals surface area contributed by atoms with Crippen molar-refractivity contribution in [1.29, 1.82) is 0 Å². The zero-order chi connectivity index (χ0) is 32.3. The second-order valence-corrected chi connectivity index (χ2v) is 17.5. The van der Waals surface area contributed by atoms with Crippen molar-refractivity contribution < 1.29 is 14.2 Å². The Bertz CT molecular complexity index is 407. The first-order chi connectivity index (χ1) is 15.5. The fourth-order valence-electron chi connectivity index (χ4n) is 0.0833. The number of rotatable bonds is 2. The predicted molar refractivity (Wildman–Crippen MR) is 214 cm³/mol. The Kier molecular flexibility index (Phi) is 61.0. The predicted octanol–water partition coefficient (Wildman–Crippen LogP) is 15.9. The summed E-state index contributed by atoms with van der Waals surface area (Å²) in [6, 6.07) is 0. The third-order valence-corrected chi connectivity index (χ3v) is 4.91. The van der Waals surface area contributed by atoms with Crippen LogP contribution in [0.5, 0.6) is 0 Å². The van der Waals surface area contributed by atoms with Crippen LogP contribution in [0.25, 0.3) is 0 Å². The molecule has 0 heterocycles. The third-order valence-electron chi connectivity index (χ3n) is 4.91. The average Bonchev–Trinajstić information content (AvgIpc) is 2.57. The molecule has 43 heavy (non-hydrogen) atoms. The first kappa shape index (κ1) is 78.9. The van der Waals surface area contributed by atoms with Crippen LogP contribution in [0.4, 0.5) is 0 Å². The van der Waals surface area contributed by atoms with Crippen molar-refractivity contribution >= 4 is 0 Å². The van der Waals surface area contributed by atoms with Crippen LogP contribution < -0.4 is 0 Å². The summed E-state index contributed by atoms with van der Waals surface area (Å²) in [5, 5.41) is 0. The minimum absolute atomic E-state index is 0. The third kappa shape index (κ3) is 153. The van der Waals surface area contributed by atoms with Gasteiger partial charge in [-0.1, -0.05) is 176 Å². The summed E-state index contributed by atoms with van der Waals surface area (Å²) in [7, 11) is 4.94. The fraction of sp³-hybridized carbons (Fsp3) is 1.00. The monoisotopic (exact) mass is 633 g/mol. The second kappa shape index (κ2) is 33.2. The van der Waals surface area contributed by atoms with Gasteiger partial charge in [-0.3, -0.25) is 0 Å². The summed E-state index contributed by atoms with van der Waals surface area (Å²) in [5.41, 5.74) is 2.46. The molecule has 0 aliphatic carbocycles. The molecule has 0 saturated heterocycles. The highest BCUT2D eigenvalue weighted by molar-refractivity contribution is 4.77. The van der Waals surface area contributed by atoms with E-state index in [0.717, 1.165) is 0 Å². The van der Waals surface area contributed by atoms with Crippen LogP contribution >= 0.6 is 0 Å². The van der Waals surface area contributed by atoms with Crippen LogP contribution in [0.1, 0.15) is 210 Å². The van der Waals surface area contributed by atoms with E-state index in [1.165, 1.54) is 6.42 Å². The van der Waals surface area contributed by atoms with Gasteiger partial charge in [-0.25, -0.2) is 0 Å². The van der Waals surface area contributed by atoms with Gasteiger partial charge in [-0.2, -0.15) is 0 Å². The van der Waals surface area contributed by atoms with E-state index >= 15 is 0 Å². The summed E-state index contributed by atoms with van der Waals surface area (Å²) >= 11 is 0. The molecule has 0 spiro atoms. The summed E-state index contributed by atoms with van der Waals surface area (Å²) in [4.78, 5) is 0. The highest BCUT2D eigenvalue weighted by atomic mass is 16.7. The first-order valence-electron chi connectivity index (χ1n) is 14.1. The van der Waals surface area contributed by atoms with Crippen molar-refractivity contribution in [3.05, 3.63) is 0 Å². The number of hydrogen-bond acceptors (Lipinski definition) is 3. The Labute approximate surface area is 283 Å². The maximum atomic E-state index is 4.94. The molecule has 0 aromatic heterocycles. The average molecular weight is 633 g/mol. The minimum atomic E-state index is -0.417. The smallest absolute Gasteiger partial charge is 0.161 e. The number of hydrogen-bond donors (Lipinski definition) is 0. The molecule has 0 N–H and O–H groups in total. The Morgan fingerprint density at radius 3 is 0.465 bits per heavy atom. The quantitative estimate of drug-likeness (QED) is 0.283. The van der Waals surface area contributed by atoms with Crippen LogP contribution in [0.15, 0.2) is 0 Å². The van der Waals surface area contributed by atoms with Crippen LogP contribution in [-0.2, 0) is 14.2 Å². The van der Waals surface area contributed by atoms with Crippen LogP contribution in [0, 0.1) is 27.1 Å². The molecule has 3 nitrogen and oxygen atoms in total. The standard InChI is InChI=1S/C8H18.C6H14.C5H12O2.C5H12O.2C5H12.6CH4/c1-7(2,3)8(4,5)6;1-5-6(2,3)4;1-5(2,6-3)7-4;1-5(2,3)6-4;2*1-5(2,3)4;;;;;;/h1-6H3;5H2,1-4H3;1-4H3;1-4H3;2*1-4H3;6*1H4. The van der Waals surface area contributed by atoms with E-state index in [2.05, 4.69) is 125 Å². The van der Waals surface area contributed by atoms with Crippen molar-refractivity contribution in [3.63, 3.8) is 0 Å². The topological polar surface area (TPSA) is 27.7 Å². The molecule has 3 heteroatoms.